The molecule has 0 saturated carbocycles. The summed E-state index contributed by atoms with van der Waals surface area (Å²) in [7, 11) is 0. The molecule has 0 spiro atoms. The molecule has 1 atom stereocenters. The third kappa shape index (κ3) is 4.75. The van der Waals surface area contributed by atoms with E-state index in [0.717, 1.165) is 40.4 Å². The van der Waals surface area contributed by atoms with E-state index in [0.29, 0.717) is 19.6 Å². The molecule has 0 saturated heterocycles. The molecule has 1 aliphatic heterocycles. The molecule has 25 heavy (non-hydrogen) atoms. The average molecular weight is 356 g/mol. The van der Waals surface area contributed by atoms with Gasteiger partial charge in [0.05, 0.1) is 12.7 Å². The Balaban J connectivity index is 1.60. The number of rotatable bonds is 7. The Morgan fingerprint density at radius 3 is 3.04 bits per heavy atom. The highest BCUT2D eigenvalue weighted by Crippen LogP contribution is 2.37. The Kier molecular flexibility index (Phi) is 6.32. The third-order valence-electron chi connectivity index (χ3n) is 4.18. The summed E-state index contributed by atoms with van der Waals surface area (Å²) in [6.07, 6.45) is 2.24. The highest BCUT2D eigenvalue weighted by molar-refractivity contribution is 7.99. The molecule has 0 radical (unpaired) electrons. The fourth-order valence-electron chi connectivity index (χ4n) is 2.93. The van der Waals surface area contributed by atoms with Gasteiger partial charge in [0, 0.05) is 23.9 Å². The van der Waals surface area contributed by atoms with Crippen LogP contribution in [-0.2, 0) is 6.54 Å². The van der Waals surface area contributed by atoms with E-state index in [9.17, 15) is 4.39 Å². The van der Waals surface area contributed by atoms with E-state index < -0.39 is 0 Å². The molecule has 0 amide bonds. The van der Waals surface area contributed by atoms with E-state index in [2.05, 4.69) is 17.5 Å². The quantitative estimate of drug-likeness (QED) is 0.722. The lowest BCUT2D eigenvalue weighted by molar-refractivity contribution is 0.312. The fourth-order valence-corrected chi connectivity index (χ4v) is 4.07. The van der Waals surface area contributed by atoms with Crippen LogP contribution in [0.3, 0.4) is 0 Å². The van der Waals surface area contributed by atoms with Gasteiger partial charge in [-0.2, -0.15) is 5.26 Å². The summed E-state index contributed by atoms with van der Waals surface area (Å²) in [5, 5.41) is 12.1. The van der Waals surface area contributed by atoms with Gasteiger partial charge >= 0.3 is 0 Å². The first-order valence-corrected chi connectivity index (χ1v) is 9.50. The van der Waals surface area contributed by atoms with Gasteiger partial charge in [-0.05, 0) is 47.9 Å². The first-order valence-electron chi connectivity index (χ1n) is 8.51. The second-order valence-electron chi connectivity index (χ2n) is 5.99. The zero-order valence-electron chi connectivity index (χ0n) is 14.0. The monoisotopic (exact) mass is 356 g/mol. The molecule has 2 aromatic carbocycles. The van der Waals surface area contributed by atoms with Crippen LogP contribution in [0.5, 0.6) is 5.75 Å². The summed E-state index contributed by atoms with van der Waals surface area (Å²) < 4.78 is 19.6. The van der Waals surface area contributed by atoms with Crippen LogP contribution < -0.4 is 10.1 Å². The molecule has 1 aliphatic rings. The molecule has 0 aromatic heterocycles. The van der Waals surface area contributed by atoms with Crippen molar-refractivity contribution >= 4 is 11.8 Å². The van der Waals surface area contributed by atoms with Crippen LogP contribution in [0.1, 0.15) is 36.4 Å². The summed E-state index contributed by atoms with van der Waals surface area (Å²) in [5.74, 6) is 1.62. The lowest BCUT2D eigenvalue weighted by Crippen LogP contribution is -2.24. The van der Waals surface area contributed by atoms with E-state index in [-0.39, 0.29) is 11.9 Å². The number of hydrogen-bond acceptors (Lipinski definition) is 4. The van der Waals surface area contributed by atoms with Crippen molar-refractivity contribution in [3.05, 3.63) is 59.4 Å². The lowest BCUT2D eigenvalue weighted by Gasteiger charge is -2.26. The minimum Gasteiger partial charge on any atom is -0.494 e. The molecule has 3 rings (SSSR count). The van der Waals surface area contributed by atoms with Gasteiger partial charge < -0.3 is 10.1 Å². The largest absolute Gasteiger partial charge is 0.494 e. The fraction of sp³-hybridized carbons (Fsp3) is 0.350. The molecular formula is C20H21FN2OS. The first-order chi connectivity index (χ1) is 12.3. The molecule has 5 heteroatoms. The molecule has 1 N–H and O–H groups in total. The standard InChI is InChI=1S/C20H21FN2OS/c21-18-8-4-7-17-19(9-12-25-20(17)18)23-14-15-5-3-6-16(13-15)24-11-2-1-10-22/h3-8,13,19,23H,1-2,9,11-12,14H2. The molecule has 1 heterocycles. The number of ether oxygens (including phenoxy) is 1. The number of hydrogen-bond donors (Lipinski definition) is 1. The topological polar surface area (TPSA) is 45.0 Å². The van der Waals surface area contributed by atoms with Crippen LogP contribution >= 0.6 is 11.8 Å². The predicted molar refractivity (Wildman–Crippen MR) is 98.1 cm³/mol. The number of thioether (sulfide) groups is 1. The lowest BCUT2D eigenvalue weighted by atomic mass is 10.0. The maximum absolute atomic E-state index is 13.9. The van der Waals surface area contributed by atoms with Crippen molar-refractivity contribution in [2.45, 2.75) is 36.7 Å². The number of nitrogens with zero attached hydrogens (tertiary/aromatic N) is 1. The van der Waals surface area contributed by atoms with Crippen LogP contribution in [0.4, 0.5) is 4.39 Å². The normalized spacial score (nSPS) is 16.1. The number of nitrogens with one attached hydrogen (secondary N) is 1. The SMILES string of the molecule is N#CCCCOc1cccc(CNC2CCSc3c(F)cccc32)c1. The molecule has 0 aliphatic carbocycles. The first kappa shape index (κ1) is 17.8. The molecule has 3 nitrogen and oxygen atoms in total. The highest BCUT2D eigenvalue weighted by Gasteiger charge is 2.22. The van der Waals surface area contributed by atoms with Crippen LogP contribution in [-0.4, -0.2) is 12.4 Å². The van der Waals surface area contributed by atoms with Crippen molar-refractivity contribution in [3.8, 4) is 11.8 Å². The van der Waals surface area contributed by atoms with Gasteiger partial charge in [-0.1, -0.05) is 24.3 Å². The molecule has 0 fully saturated rings. The van der Waals surface area contributed by atoms with Gasteiger partial charge in [-0.25, -0.2) is 4.39 Å². The number of benzene rings is 2. The second kappa shape index (κ2) is 8.89. The molecular weight excluding hydrogens is 335 g/mol. The van der Waals surface area contributed by atoms with Crippen molar-refractivity contribution in [1.29, 1.82) is 5.26 Å². The van der Waals surface area contributed by atoms with Crippen LogP contribution in [0, 0.1) is 17.1 Å². The Morgan fingerprint density at radius 2 is 2.16 bits per heavy atom. The van der Waals surface area contributed by atoms with Gasteiger partial charge in [0.2, 0.25) is 0 Å². The van der Waals surface area contributed by atoms with E-state index in [1.165, 1.54) is 6.07 Å². The van der Waals surface area contributed by atoms with Crippen molar-refractivity contribution in [3.63, 3.8) is 0 Å². The summed E-state index contributed by atoms with van der Waals surface area (Å²) in [6, 6.07) is 15.6. The van der Waals surface area contributed by atoms with Crippen molar-refractivity contribution in [2.75, 3.05) is 12.4 Å². The average Bonchev–Trinajstić information content (AvgIpc) is 2.64. The smallest absolute Gasteiger partial charge is 0.137 e. The van der Waals surface area contributed by atoms with Crippen LogP contribution in [0.2, 0.25) is 0 Å². The number of unbranched alkanes of at least 4 members (excludes halogenated alkanes) is 1. The molecule has 130 valence electrons. The zero-order valence-corrected chi connectivity index (χ0v) is 14.8. The molecule has 0 bridgehead atoms. The van der Waals surface area contributed by atoms with E-state index >= 15 is 0 Å². The van der Waals surface area contributed by atoms with Crippen LogP contribution in [0.15, 0.2) is 47.4 Å². The maximum Gasteiger partial charge on any atom is 0.137 e. The summed E-state index contributed by atoms with van der Waals surface area (Å²) in [6.45, 7) is 1.26. The molecule has 2 aromatic rings. The van der Waals surface area contributed by atoms with Gasteiger partial charge in [0.1, 0.15) is 11.6 Å². The summed E-state index contributed by atoms with van der Waals surface area (Å²) >= 11 is 1.60. The Bertz CT molecular complexity index is 760. The van der Waals surface area contributed by atoms with Crippen molar-refractivity contribution in [1.82, 2.24) is 5.32 Å². The predicted octanol–water partition coefficient (Wildman–Crippen LogP) is 4.83. The zero-order chi connectivity index (χ0) is 17.5. The Hall–Kier alpha value is -2.03. The number of fused-ring (bicyclic) bond motifs is 1. The Labute approximate surface area is 152 Å². The maximum atomic E-state index is 13.9. The number of halogens is 1. The minimum atomic E-state index is -0.123. The highest BCUT2D eigenvalue weighted by atomic mass is 32.2. The van der Waals surface area contributed by atoms with Crippen LogP contribution in [0.25, 0.3) is 0 Å². The summed E-state index contributed by atoms with van der Waals surface area (Å²) in [4.78, 5) is 0.779. The van der Waals surface area contributed by atoms with Gasteiger partial charge in [0.15, 0.2) is 0 Å². The second-order valence-corrected chi connectivity index (χ2v) is 7.09. The number of nitriles is 1. The van der Waals surface area contributed by atoms with Crippen molar-refractivity contribution < 1.29 is 9.13 Å². The van der Waals surface area contributed by atoms with E-state index in [1.54, 1.807) is 17.8 Å². The van der Waals surface area contributed by atoms with Gasteiger partial charge in [-0.3, -0.25) is 0 Å². The van der Waals surface area contributed by atoms with Gasteiger partial charge in [0.25, 0.3) is 0 Å². The third-order valence-corrected chi connectivity index (χ3v) is 5.34. The van der Waals surface area contributed by atoms with E-state index in [1.807, 2.05) is 24.3 Å². The van der Waals surface area contributed by atoms with Gasteiger partial charge in [-0.15, -0.1) is 11.8 Å². The van der Waals surface area contributed by atoms with E-state index in [4.69, 9.17) is 10.00 Å². The van der Waals surface area contributed by atoms with Crippen molar-refractivity contribution in [2.24, 2.45) is 0 Å². The minimum absolute atomic E-state index is 0.123. The summed E-state index contributed by atoms with van der Waals surface area (Å²) in [5.41, 5.74) is 2.19. The Morgan fingerprint density at radius 1 is 1.28 bits per heavy atom. The molecule has 1 unspecified atom stereocenters.